The first kappa shape index (κ1) is 22.5. The molecule has 0 fully saturated rings. The fourth-order valence-electron chi connectivity index (χ4n) is 3.20. The molecule has 0 saturated heterocycles. The van der Waals surface area contributed by atoms with Crippen LogP contribution in [0.5, 0.6) is 11.5 Å². The molecule has 0 aliphatic rings. The van der Waals surface area contributed by atoms with Crippen LogP contribution in [0.15, 0.2) is 23.2 Å². The number of benzene rings is 1. The van der Waals surface area contributed by atoms with E-state index < -0.39 is 0 Å². The van der Waals surface area contributed by atoms with Gasteiger partial charge in [-0.15, -0.1) is 0 Å². The van der Waals surface area contributed by atoms with E-state index in [-0.39, 0.29) is 11.5 Å². The Kier molecular flexibility index (Phi) is 13.6. The largest absolute Gasteiger partial charge is 0.508 e. The van der Waals surface area contributed by atoms with Crippen molar-refractivity contribution in [3.05, 3.63) is 23.8 Å². The maximum Gasteiger partial charge on any atom is 0.128 e. The lowest BCUT2D eigenvalue weighted by atomic mass is 10.0. The van der Waals surface area contributed by atoms with Gasteiger partial charge in [-0.1, -0.05) is 90.4 Å². The van der Waals surface area contributed by atoms with Crippen LogP contribution >= 0.6 is 0 Å². The van der Waals surface area contributed by atoms with Gasteiger partial charge in [0.15, 0.2) is 0 Å². The van der Waals surface area contributed by atoms with Crippen molar-refractivity contribution in [2.45, 2.75) is 96.8 Å². The summed E-state index contributed by atoms with van der Waals surface area (Å²) in [6.07, 6.45) is 20.8. The van der Waals surface area contributed by atoms with E-state index in [4.69, 9.17) is 0 Å². The minimum Gasteiger partial charge on any atom is -0.508 e. The molecule has 0 amide bonds. The molecule has 26 heavy (non-hydrogen) atoms. The number of phenolic OH excluding ortho intramolecular Hbond substituents is 2. The Labute approximate surface area is 160 Å². The maximum absolute atomic E-state index is 9.67. The van der Waals surface area contributed by atoms with E-state index in [9.17, 15) is 10.2 Å². The number of hydrogen-bond acceptors (Lipinski definition) is 3. The Morgan fingerprint density at radius 3 is 1.73 bits per heavy atom. The third kappa shape index (κ3) is 11.9. The van der Waals surface area contributed by atoms with E-state index in [1.54, 1.807) is 18.3 Å². The molecule has 2 N–H and O–H groups in total. The lowest BCUT2D eigenvalue weighted by Gasteiger charge is -2.03. The quantitative estimate of drug-likeness (QED) is 0.246. The van der Waals surface area contributed by atoms with Crippen LogP contribution in [0.25, 0.3) is 0 Å². The van der Waals surface area contributed by atoms with Gasteiger partial charge in [0.1, 0.15) is 11.5 Å². The summed E-state index contributed by atoms with van der Waals surface area (Å²) in [4.78, 5) is 4.36. The summed E-state index contributed by atoms with van der Waals surface area (Å²) < 4.78 is 0. The lowest BCUT2D eigenvalue weighted by Crippen LogP contribution is -1.87. The summed E-state index contributed by atoms with van der Waals surface area (Å²) in [6, 6.07) is 4.58. The van der Waals surface area contributed by atoms with E-state index in [2.05, 4.69) is 11.9 Å². The Balaban J connectivity index is 1.85. The third-order valence-electron chi connectivity index (χ3n) is 4.89. The lowest BCUT2D eigenvalue weighted by molar-refractivity contribution is 0.450. The summed E-state index contributed by atoms with van der Waals surface area (Å²) in [7, 11) is 0. The highest BCUT2D eigenvalue weighted by molar-refractivity contribution is 5.83. The van der Waals surface area contributed by atoms with Crippen LogP contribution in [0, 0.1) is 0 Å². The predicted octanol–water partition coefficient (Wildman–Crippen LogP) is 7.00. The molecule has 0 aliphatic carbocycles. The van der Waals surface area contributed by atoms with Crippen molar-refractivity contribution in [3.63, 3.8) is 0 Å². The number of hydrogen-bond donors (Lipinski definition) is 2. The summed E-state index contributed by atoms with van der Waals surface area (Å²) in [5.74, 6) is 0.154. The molecule has 0 atom stereocenters. The second-order valence-electron chi connectivity index (χ2n) is 7.37. The molecular formula is C23H39NO2. The van der Waals surface area contributed by atoms with Gasteiger partial charge in [-0.05, 0) is 18.6 Å². The average Bonchev–Trinajstić information content (AvgIpc) is 2.63. The average molecular weight is 362 g/mol. The fraction of sp³-hybridized carbons (Fsp3) is 0.696. The number of phenols is 2. The van der Waals surface area contributed by atoms with E-state index >= 15 is 0 Å². The van der Waals surface area contributed by atoms with Gasteiger partial charge in [0.2, 0.25) is 0 Å². The van der Waals surface area contributed by atoms with Crippen LogP contribution in [0.1, 0.15) is 102 Å². The predicted molar refractivity (Wildman–Crippen MR) is 113 cm³/mol. The molecule has 0 spiro atoms. The highest BCUT2D eigenvalue weighted by Gasteiger charge is 1.98. The number of aliphatic imine (C=N–C) groups is 1. The SMILES string of the molecule is CCCCCCCCCCCCCCCCN=Cc1ccc(O)cc1O. The Morgan fingerprint density at radius 2 is 1.23 bits per heavy atom. The molecule has 0 heterocycles. The maximum atomic E-state index is 9.67. The van der Waals surface area contributed by atoms with Crippen molar-refractivity contribution in [1.29, 1.82) is 0 Å². The monoisotopic (exact) mass is 361 g/mol. The molecule has 3 heteroatoms. The number of unbranched alkanes of at least 4 members (excludes halogenated alkanes) is 13. The van der Waals surface area contributed by atoms with Gasteiger partial charge in [-0.3, -0.25) is 4.99 Å². The first-order valence-corrected chi connectivity index (χ1v) is 10.8. The van der Waals surface area contributed by atoms with Crippen molar-refractivity contribution in [3.8, 4) is 11.5 Å². The zero-order valence-corrected chi connectivity index (χ0v) is 16.8. The van der Waals surface area contributed by atoms with Crippen molar-refractivity contribution in [2.24, 2.45) is 4.99 Å². The molecule has 0 unspecified atom stereocenters. The normalized spacial score (nSPS) is 11.4. The Bertz CT molecular complexity index is 485. The highest BCUT2D eigenvalue weighted by atomic mass is 16.3. The first-order chi connectivity index (χ1) is 12.7. The van der Waals surface area contributed by atoms with Gasteiger partial charge in [0.25, 0.3) is 0 Å². The zero-order chi connectivity index (χ0) is 18.9. The zero-order valence-electron chi connectivity index (χ0n) is 16.8. The number of nitrogens with zero attached hydrogens (tertiary/aromatic N) is 1. The number of rotatable bonds is 16. The van der Waals surface area contributed by atoms with Crippen molar-refractivity contribution in [1.82, 2.24) is 0 Å². The van der Waals surface area contributed by atoms with Crippen LogP contribution in [-0.2, 0) is 0 Å². The minimum absolute atomic E-state index is 0.0756. The van der Waals surface area contributed by atoms with Gasteiger partial charge >= 0.3 is 0 Å². The molecule has 3 nitrogen and oxygen atoms in total. The Hall–Kier alpha value is -1.51. The van der Waals surface area contributed by atoms with Crippen LogP contribution < -0.4 is 0 Å². The molecular weight excluding hydrogens is 322 g/mol. The summed E-state index contributed by atoms with van der Waals surface area (Å²) in [6.45, 7) is 3.08. The fourth-order valence-corrected chi connectivity index (χ4v) is 3.20. The molecule has 0 aromatic heterocycles. The topological polar surface area (TPSA) is 52.8 Å². The van der Waals surface area contributed by atoms with Gasteiger partial charge in [-0.25, -0.2) is 0 Å². The van der Waals surface area contributed by atoms with Gasteiger partial charge in [-0.2, -0.15) is 0 Å². The first-order valence-electron chi connectivity index (χ1n) is 10.8. The van der Waals surface area contributed by atoms with E-state index in [0.717, 1.165) is 13.0 Å². The third-order valence-corrected chi connectivity index (χ3v) is 4.89. The van der Waals surface area contributed by atoms with E-state index in [1.165, 1.54) is 89.5 Å². The van der Waals surface area contributed by atoms with Crippen LogP contribution in [0.3, 0.4) is 0 Å². The van der Waals surface area contributed by atoms with Gasteiger partial charge in [0.05, 0.1) is 0 Å². The van der Waals surface area contributed by atoms with Crippen molar-refractivity contribution >= 4 is 6.21 Å². The molecule has 1 aromatic carbocycles. The second-order valence-corrected chi connectivity index (χ2v) is 7.37. The van der Waals surface area contributed by atoms with E-state index in [0.29, 0.717) is 5.56 Å². The van der Waals surface area contributed by atoms with Gasteiger partial charge in [0, 0.05) is 24.4 Å². The van der Waals surface area contributed by atoms with Gasteiger partial charge < -0.3 is 10.2 Å². The Morgan fingerprint density at radius 1 is 0.731 bits per heavy atom. The summed E-state index contributed by atoms with van der Waals surface area (Å²) in [5, 5.41) is 18.9. The molecule has 1 aromatic rings. The minimum atomic E-state index is 0.0756. The van der Waals surface area contributed by atoms with Crippen molar-refractivity contribution in [2.75, 3.05) is 6.54 Å². The summed E-state index contributed by atoms with van der Waals surface area (Å²) in [5.41, 5.74) is 0.660. The molecule has 1 rings (SSSR count). The molecule has 0 bridgehead atoms. The molecule has 0 radical (unpaired) electrons. The van der Waals surface area contributed by atoms with Crippen molar-refractivity contribution < 1.29 is 10.2 Å². The molecule has 0 saturated carbocycles. The molecule has 0 aliphatic heterocycles. The molecule has 148 valence electrons. The standard InChI is InChI=1S/C23H39NO2/c1-2-3-4-5-6-7-8-9-10-11-12-13-14-15-18-24-20-21-16-17-22(25)19-23(21)26/h16-17,19-20,25-26H,2-15,18H2,1H3. The van der Waals surface area contributed by atoms with Crippen LogP contribution in [-0.4, -0.2) is 23.0 Å². The van der Waals surface area contributed by atoms with Crippen LogP contribution in [0.2, 0.25) is 0 Å². The van der Waals surface area contributed by atoms with E-state index in [1.807, 2.05) is 0 Å². The highest BCUT2D eigenvalue weighted by Crippen LogP contribution is 2.20. The number of aromatic hydroxyl groups is 2. The summed E-state index contributed by atoms with van der Waals surface area (Å²) >= 11 is 0. The second kappa shape index (κ2) is 15.7. The smallest absolute Gasteiger partial charge is 0.128 e. The van der Waals surface area contributed by atoms with Crippen LogP contribution in [0.4, 0.5) is 0 Å².